The van der Waals surface area contributed by atoms with E-state index in [1.165, 1.54) is 6.07 Å². The van der Waals surface area contributed by atoms with Crippen LogP contribution in [0.25, 0.3) is 0 Å². The van der Waals surface area contributed by atoms with Gasteiger partial charge in [-0.2, -0.15) is 0 Å². The molecule has 2 nitrogen and oxygen atoms in total. The Labute approximate surface area is 124 Å². The average molecular weight is 290 g/mol. The molecular weight excluding hydrogens is 270 g/mol. The van der Waals surface area contributed by atoms with Gasteiger partial charge in [0.05, 0.1) is 6.04 Å². The molecule has 2 rings (SSSR count). The molecule has 0 aromatic heterocycles. The maximum Gasteiger partial charge on any atom is 0.128 e. The van der Waals surface area contributed by atoms with E-state index in [1.54, 1.807) is 0 Å². The third-order valence-electron chi connectivity index (χ3n) is 3.62. The molecule has 0 radical (unpaired) electrons. The standard InChI is InChI=1S/C17H20F2N2/c1-2-21(12-13-6-4-3-5-7-13)17(11-20)15-10-14(18)8-9-16(15)19/h3-10,17H,2,11-12,20H2,1H3. The third-order valence-corrected chi connectivity index (χ3v) is 3.62. The highest BCUT2D eigenvalue weighted by atomic mass is 19.1. The number of hydrogen-bond acceptors (Lipinski definition) is 2. The molecule has 0 aliphatic carbocycles. The zero-order valence-corrected chi connectivity index (χ0v) is 12.1. The molecule has 1 atom stereocenters. The highest BCUT2D eigenvalue weighted by molar-refractivity contribution is 5.23. The van der Waals surface area contributed by atoms with Crippen LogP contribution in [-0.2, 0) is 6.54 Å². The van der Waals surface area contributed by atoms with E-state index in [0.717, 1.165) is 17.7 Å². The van der Waals surface area contributed by atoms with Gasteiger partial charge in [0.15, 0.2) is 0 Å². The minimum absolute atomic E-state index is 0.237. The van der Waals surface area contributed by atoms with Crippen molar-refractivity contribution < 1.29 is 8.78 Å². The van der Waals surface area contributed by atoms with E-state index in [9.17, 15) is 8.78 Å². The maximum absolute atomic E-state index is 14.0. The van der Waals surface area contributed by atoms with Crippen LogP contribution in [0.3, 0.4) is 0 Å². The summed E-state index contributed by atoms with van der Waals surface area (Å²) in [5.74, 6) is -0.862. The molecule has 1 unspecified atom stereocenters. The lowest BCUT2D eigenvalue weighted by Gasteiger charge is -2.30. The Morgan fingerprint density at radius 3 is 2.43 bits per heavy atom. The first-order valence-electron chi connectivity index (χ1n) is 7.08. The first kappa shape index (κ1) is 15.6. The molecule has 0 aliphatic heterocycles. The van der Waals surface area contributed by atoms with Gasteiger partial charge < -0.3 is 5.73 Å². The molecule has 0 spiro atoms. The molecule has 2 N–H and O–H groups in total. The number of likely N-dealkylation sites (N-methyl/N-ethyl adjacent to an activating group) is 1. The fourth-order valence-electron chi connectivity index (χ4n) is 2.50. The predicted molar refractivity (Wildman–Crippen MR) is 80.7 cm³/mol. The zero-order chi connectivity index (χ0) is 15.2. The van der Waals surface area contributed by atoms with Crippen LogP contribution in [0, 0.1) is 11.6 Å². The van der Waals surface area contributed by atoms with Gasteiger partial charge in [-0.1, -0.05) is 37.3 Å². The molecule has 0 aliphatic rings. The van der Waals surface area contributed by atoms with Gasteiger partial charge >= 0.3 is 0 Å². The van der Waals surface area contributed by atoms with Gasteiger partial charge in [0.2, 0.25) is 0 Å². The van der Waals surface area contributed by atoms with Crippen LogP contribution in [0.5, 0.6) is 0 Å². The van der Waals surface area contributed by atoms with E-state index in [2.05, 4.69) is 0 Å². The highest BCUT2D eigenvalue weighted by Gasteiger charge is 2.21. The predicted octanol–water partition coefficient (Wildman–Crippen LogP) is 3.49. The molecule has 21 heavy (non-hydrogen) atoms. The van der Waals surface area contributed by atoms with Gasteiger partial charge in [0, 0.05) is 18.7 Å². The van der Waals surface area contributed by atoms with Crippen molar-refractivity contribution in [2.75, 3.05) is 13.1 Å². The molecule has 0 saturated heterocycles. The largest absolute Gasteiger partial charge is 0.329 e. The van der Waals surface area contributed by atoms with E-state index in [4.69, 9.17) is 5.73 Å². The van der Waals surface area contributed by atoms with Crippen LogP contribution in [0.15, 0.2) is 48.5 Å². The monoisotopic (exact) mass is 290 g/mol. The van der Waals surface area contributed by atoms with Crippen LogP contribution in [0.4, 0.5) is 8.78 Å². The summed E-state index contributed by atoms with van der Waals surface area (Å²) < 4.78 is 27.4. The first-order chi connectivity index (χ1) is 10.2. The van der Waals surface area contributed by atoms with Crippen LogP contribution in [0.1, 0.15) is 24.1 Å². The van der Waals surface area contributed by atoms with Gasteiger partial charge in [-0.05, 0) is 30.3 Å². The highest BCUT2D eigenvalue weighted by Crippen LogP contribution is 2.25. The van der Waals surface area contributed by atoms with Crippen LogP contribution >= 0.6 is 0 Å². The summed E-state index contributed by atoms with van der Waals surface area (Å²) in [7, 11) is 0. The average Bonchev–Trinajstić information content (AvgIpc) is 2.51. The van der Waals surface area contributed by atoms with E-state index < -0.39 is 11.6 Å². The quantitative estimate of drug-likeness (QED) is 0.882. The topological polar surface area (TPSA) is 29.3 Å². The second-order valence-corrected chi connectivity index (χ2v) is 4.97. The summed E-state index contributed by atoms with van der Waals surface area (Å²) >= 11 is 0. The maximum atomic E-state index is 14.0. The summed E-state index contributed by atoms with van der Waals surface area (Å²) in [6, 6.07) is 13.1. The smallest absolute Gasteiger partial charge is 0.128 e. The van der Waals surface area contributed by atoms with Crippen molar-refractivity contribution in [3.05, 3.63) is 71.3 Å². The van der Waals surface area contributed by atoms with Gasteiger partial charge in [-0.3, -0.25) is 4.90 Å². The molecule has 2 aromatic carbocycles. The van der Waals surface area contributed by atoms with Crippen molar-refractivity contribution in [1.82, 2.24) is 4.90 Å². The minimum Gasteiger partial charge on any atom is -0.329 e. The van der Waals surface area contributed by atoms with Crippen molar-refractivity contribution in [3.63, 3.8) is 0 Å². The molecule has 112 valence electrons. The summed E-state index contributed by atoms with van der Waals surface area (Å²) in [5, 5.41) is 0. The van der Waals surface area contributed by atoms with Crippen molar-refractivity contribution >= 4 is 0 Å². The van der Waals surface area contributed by atoms with E-state index >= 15 is 0 Å². The molecule has 2 aromatic rings. The Hall–Kier alpha value is -1.78. The number of rotatable bonds is 6. The summed E-state index contributed by atoms with van der Waals surface area (Å²) in [6.07, 6.45) is 0. The zero-order valence-electron chi connectivity index (χ0n) is 12.1. The Bertz CT molecular complexity index is 572. The van der Waals surface area contributed by atoms with Crippen LogP contribution in [0.2, 0.25) is 0 Å². The Morgan fingerprint density at radius 1 is 1.10 bits per heavy atom. The SMILES string of the molecule is CCN(Cc1ccccc1)C(CN)c1cc(F)ccc1F. The third kappa shape index (κ3) is 3.86. The van der Waals surface area contributed by atoms with Gasteiger partial charge in [0.1, 0.15) is 11.6 Å². The van der Waals surface area contributed by atoms with E-state index in [0.29, 0.717) is 18.7 Å². The summed E-state index contributed by atoms with van der Waals surface area (Å²) in [4.78, 5) is 2.05. The fourth-order valence-corrected chi connectivity index (χ4v) is 2.50. The lowest BCUT2D eigenvalue weighted by Crippen LogP contribution is -2.34. The number of nitrogens with zero attached hydrogens (tertiary/aromatic N) is 1. The van der Waals surface area contributed by atoms with E-state index in [-0.39, 0.29) is 12.6 Å². The fraction of sp³-hybridized carbons (Fsp3) is 0.294. The number of benzene rings is 2. The van der Waals surface area contributed by atoms with Crippen molar-refractivity contribution in [2.45, 2.75) is 19.5 Å². The minimum atomic E-state index is -0.444. The molecular formula is C17H20F2N2. The number of halogens is 2. The molecule has 0 saturated carbocycles. The van der Waals surface area contributed by atoms with E-state index in [1.807, 2.05) is 42.2 Å². The Balaban J connectivity index is 2.27. The molecule has 0 bridgehead atoms. The van der Waals surface area contributed by atoms with Gasteiger partial charge in [-0.15, -0.1) is 0 Å². The molecule has 4 heteroatoms. The van der Waals surface area contributed by atoms with Crippen molar-refractivity contribution in [2.24, 2.45) is 5.73 Å². The second-order valence-electron chi connectivity index (χ2n) is 4.97. The van der Waals surface area contributed by atoms with Gasteiger partial charge in [0.25, 0.3) is 0 Å². The normalized spacial score (nSPS) is 12.6. The molecule has 0 heterocycles. The van der Waals surface area contributed by atoms with Crippen molar-refractivity contribution in [3.8, 4) is 0 Å². The van der Waals surface area contributed by atoms with Crippen molar-refractivity contribution in [1.29, 1.82) is 0 Å². The summed E-state index contributed by atoms with van der Waals surface area (Å²) in [6.45, 7) is 3.58. The Morgan fingerprint density at radius 2 is 1.81 bits per heavy atom. The lowest BCUT2D eigenvalue weighted by atomic mass is 10.0. The van der Waals surface area contributed by atoms with Crippen LogP contribution in [-0.4, -0.2) is 18.0 Å². The van der Waals surface area contributed by atoms with Gasteiger partial charge in [-0.25, -0.2) is 8.78 Å². The first-order valence-corrected chi connectivity index (χ1v) is 7.08. The summed E-state index contributed by atoms with van der Waals surface area (Å²) in [5.41, 5.74) is 7.26. The second kappa shape index (κ2) is 7.29. The lowest BCUT2D eigenvalue weighted by molar-refractivity contribution is 0.199. The van der Waals surface area contributed by atoms with Crippen LogP contribution < -0.4 is 5.73 Å². The Kier molecular flexibility index (Phi) is 5.42. The number of nitrogens with two attached hydrogens (primary N) is 1. The molecule has 0 amide bonds. The number of hydrogen-bond donors (Lipinski definition) is 1. The molecule has 0 fully saturated rings.